The fourth-order valence-electron chi connectivity index (χ4n) is 3.00. The van der Waals surface area contributed by atoms with Crippen molar-refractivity contribution in [3.05, 3.63) is 66.2 Å². The number of hydrogen-bond donors (Lipinski definition) is 2. The van der Waals surface area contributed by atoms with Crippen molar-refractivity contribution in [1.82, 2.24) is 4.31 Å². The standard InChI is InChI=1S/C22H25N3O3S/c1-15-9-11-20(14-21(15)29(27,28)25(3)4)23-16(2)22(26)24-19-12-10-17-7-5-6-8-18(17)13-19/h5-14,16,23H,1-4H3,(H,24,26)/t16-/m1/s1. The predicted molar refractivity (Wildman–Crippen MR) is 118 cm³/mol. The molecule has 3 aromatic rings. The number of aryl methyl sites for hydroxylation is 1. The molecule has 1 atom stereocenters. The van der Waals surface area contributed by atoms with Crippen molar-refractivity contribution in [3.63, 3.8) is 0 Å². The van der Waals surface area contributed by atoms with Gasteiger partial charge in [0.05, 0.1) is 4.90 Å². The summed E-state index contributed by atoms with van der Waals surface area (Å²) >= 11 is 0. The van der Waals surface area contributed by atoms with Crippen LogP contribution in [-0.2, 0) is 14.8 Å². The van der Waals surface area contributed by atoms with Crippen LogP contribution in [0.15, 0.2) is 65.6 Å². The van der Waals surface area contributed by atoms with Crippen LogP contribution < -0.4 is 10.6 Å². The highest BCUT2D eigenvalue weighted by Crippen LogP contribution is 2.23. The minimum Gasteiger partial charge on any atom is -0.374 e. The summed E-state index contributed by atoms with van der Waals surface area (Å²) in [6.45, 7) is 3.48. The molecule has 0 aliphatic heterocycles. The van der Waals surface area contributed by atoms with Crippen LogP contribution in [0.1, 0.15) is 12.5 Å². The predicted octanol–water partition coefficient (Wildman–Crippen LogP) is 3.84. The van der Waals surface area contributed by atoms with E-state index in [1.165, 1.54) is 18.4 Å². The van der Waals surface area contributed by atoms with E-state index in [4.69, 9.17) is 0 Å². The van der Waals surface area contributed by atoms with Crippen molar-refractivity contribution in [2.75, 3.05) is 24.7 Å². The summed E-state index contributed by atoms with van der Waals surface area (Å²) in [4.78, 5) is 12.8. The minimum atomic E-state index is -3.56. The lowest BCUT2D eigenvalue weighted by Gasteiger charge is -2.18. The number of sulfonamides is 1. The molecule has 0 unspecified atom stereocenters. The smallest absolute Gasteiger partial charge is 0.246 e. The first-order valence-electron chi connectivity index (χ1n) is 9.28. The van der Waals surface area contributed by atoms with Gasteiger partial charge in [-0.3, -0.25) is 4.79 Å². The molecule has 0 aromatic heterocycles. The van der Waals surface area contributed by atoms with Gasteiger partial charge in [0.1, 0.15) is 6.04 Å². The Morgan fingerprint density at radius 2 is 1.59 bits per heavy atom. The topological polar surface area (TPSA) is 78.5 Å². The van der Waals surface area contributed by atoms with Crippen LogP contribution in [0.2, 0.25) is 0 Å². The highest BCUT2D eigenvalue weighted by Gasteiger charge is 2.21. The maximum atomic E-state index is 12.6. The first-order chi connectivity index (χ1) is 13.7. The number of amides is 1. The Morgan fingerprint density at radius 3 is 2.28 bits per heavy atom. The molecule has 6 nitrogen and oxygen atoms in total. The van der Waals surface area contributed by atoms with E-state index >= 15 is 0 Å². The van der Waals surface area contributed by atoms with Crippen LogP contribution in [-0.4, -0.2) is 38.8 Å². The first kappa shape index (κ1) is 20.8. The average molecular weight is 412 g/mol. The van der Waals surface area contributed by atoms with E-state index in [9.17, 15) is 13.2 Å². The molecule has 3 aromatic carbocycles. The lowest BCUT2D eigenvalue weighted by Crippen LogP contribution is -2.32. The van der Waals surface area contributed by atoms with Crippen molar-refractivity contribution in [2.24, 2.45) is 0 Å². The molecule has 7 heteroatoms. The van der Waals surface area contributed by atoms with Crippen LogP contribution in [0.5, 0.6) is 0 Å². The summed E-state index contributed by atoms with van der Waals surface area (Å²) in [5.74, 6) is -0.210. The molecule has 0 aliphatic rings. The third kappa shape index (κ3) is 4.58. The number of fused-ring (bicyclic) bond motifs is 1. The van der Waals surface area contributed by atoms with Gasteiger partial charge in [-0.1, -0.05) is 36.4 Å². The van der Waals surface area contributed by atoms with Crippen LogP contribution >= 0.6 is 0 Å². The Morgan fingerprint density at radius 1 is 0.931 bits per heavy atom. The maximum absolute atomic E-state index is 12.6. The van der Waals surface area contributed by atoms with E-state index in [1.54, 1.807) is 32.0 Å². The van der Waals surface area contributed by atoms with Gasteiger partial charge >= 0.3 is 0 Å². The molecule has 0 bridgehead atoms. The minimum absolute atomic E-state index is 0.210. The Balaban J connectivity index is 1.75. The summed E-state index contributed by atoms with van der Waals surface area (Å²) in [6.07, 6.45) is 0. The zero-order chi connectivity index (χ0) is 21.2. The monoisotopic (exact) mass is 411 g/mol. The van der Waals surface area contributed by atoms with Crippen molar-refractivity contribution >= 4 is 38.1 Å². The van der Waals surface area contributed by atoms with E-state index < -0.39 is 16.1 Å². The van der Waals surface area contributed by atoms with Gasteiger partial charge in [-0.05, 0) is 54.4 Å². The van der Waals surface area contributed by atoms with Gasteiger partial charge in [-0.2, -0.15) is 0 Å². The number of rotatable bonds is 6. The van der Waals surface area contributed by atoms with Crippen LogP contribution in [0.3, 0.4) is 0 Å². The van der Waals surface area contributed by atoms with E-state index in [0.29, 0.717) is 16.9 Å². The number of hydrogen-bond acceptors (Lipinski definition) is 4. The lowest BCUT2D eigenvalue weighted by molar-refractivity contribution is -0.116. The fraction of sp³-hybridized carbons (Fsp3) is 0.227. The second-order valence-electron chi connectivity index (χ2n) is 7.18. The maximum Gasteiger partial charge on any atom is 0.246 e. The number of anilines is 2. The summed E-state index contributed by atoms with van der Waals surface area (Å²) in [6, 6.07) is 18.2. The van der Waals surface area contributed by atoms with E-state index in [-0.39, 0.29) is 10.8 Å². The molecular formula is C22H25N3O3S. The molecule has 0 saturated carbocycles. The molecule has 152 valence electrons. The van der Waals surface area contributed by atoms with Crippen molar-refractivity contribution < 1.29 is 13.2 Å². The normalized spacial score (nSPS) is 12.7. The number of nitrogens with one attached hydrogen (secondary N) is 2. The first-order valence-corrected chi connectivity index (χ1v) is 10.7. The summed E-state index contributed by atoms with van der Waals surface area (Å²) in [7, 11) is -0.574. The molecular weight excluding hydrogens is 386 g/mol. The molecule has 3 rings (SSSR count). The third-order valence-electron chi connectivity index (χ3n) is 4.74. The van der Waals surface area contributed by atoms with Crippen LogP contribution in [0.25, 0.3) is 10.8 Å². The Kier molecular flexibility index (Phi) is 5.91. The molecule has 0 aliphatic carbocycles. The van der Waals surface area contributed by atoms with Gasteiger partial charge in [0.25, 0.3) is 0 Å². The van der Waals surface area contributed by atoms with Crippen molar-refractivity contribution in [1.29, 1.82) is 0 Å². The Hall–Kier alpha value is -2.90. The van der Waals surface area contributed by atoms with Gasteiger partial charge in [-0.25, -0.2) is 12.7 Å². The van der Waals surface area contributed by atoms with Gasteiger partial charge in [0.15, 0.2) is 0 Å². The molecule has 0 saturated heterocycles. The number of benzene rings is 3. The molecule has 0 radical (unpaired) electrons. The number of carbonyl (C=O) groups excluding carboxylic acids is 1. The van der Waals surface area contributed by atoms with Crippen LogP contribution in [0, 0.1) is 6.92 Å². The zero-order valence-corrected chi connectivity index (χ0v) is 17.7. The second kappa shape index (κ2) is 8.23. The average Bonchev–Trinajstić information content (AvgIpc) is 2.69. The zero-order valence-electron chi connectivity index (χ0n) is 16.9. The highest BCUT2D eigenvalue weighted by atomic mass is 32.2. The summed E-state index contributed by atoms with van der Waals surface area (Å²) in [5, 5.41) is 8.13. The van der Waals surface area contributed by atoms with E-state index in [0.717, 1.165) is 10.8 Å². The molecule has 0 fully saturated rings. The molecule has 2 N–H and O–H groups in total. The van der Waals surface area contributed by atoms with Crippen molar-refractivity contribution in [2.45, 2.75) is 24.8 Å². The van der Waals surface area contributed by atoms with Gasteiger partial charge < -0.3 is 10.6 Å². The SMILES string of the molecule is Cc1ccc(N[C@H](C)C(=O)Nc2ccc3ccccc3c2)cc1S(=O)(=O)N(C)C. The Bertz CT molecular complexity index is 1160. The molecule has 1 amide bonds. The molecule has 0 spiro atoms. The van der Waals surface area contributed by atoms with Gasteiger partial charge in [0.2, 0.25) is 15.9 Å². The summed E-state index contributed by atoms with van der Waals surface area (Å²) < 4.78 is 26.2. The van der Waals surface area contributed by atoms with E-state index in [1.807, 2.05) is 42.5 Å². The molecule has 29 heavy (non-hydrogen) atoms. The number of nitrogens with zero attached hydrogens (tertiary/aromatic N) is 1. The molecule has 0 heterocycles. The summed E-state index contributed by atoms with van der Waals surface area (Å²) in [5.41, 5.74) is 1.93. The third-order valence-corrected chi connectivity index (χ3v) is 6.70. The Labute approximate surface area is 171 Å². The quantitative estimate of drug-likeness (QED) is 0.646. The largest absolute Gasteiger partial charge is 0.374 e. The fourth-order valence-corrected chi connectivity index (χ4v) is 4.14. The van der Waals surface area contributed by atoms with Crippen molar-refractivity contribution in [3.8, 4) is 0 Å². The van der Waals surface area contributed by atoms with Gasteiger partial charge in [0, 0.05) is 25.5 Å². The highest BCUT2D eigenvalue weighted by molar-refractivity contribution is 7.89. The second-order valence-corrected chi connectivity index (χ2v) is 9.31. The van der Waals surface area contributed by atoms with Crippen LogP contribution in [0.4, 0.5) is 11.4 Å². The number of carbonyl (C=O) groups is 1. The van der Waals surface area contributed by atoms with Gasteiger partial charge in [-0.15, -0.1) is 0 Å². The van der Waals surface area contributed by atoms with E-state index in [2.05, 4.69) is 10.6 Å². The lowest BCUT2D eigenvalue weighted by atomic mass is 10.1.